The molecule has 0 atom stereocenters. The molecule has 4 rings (SSSR count). The fraction of sp³-hybridized carbons (Fsp3) is 0.235. The number of nitrogens with zero attached hydrogens (tertiary/aromatic N) is 2. The van der Waals surface area contributed by atoms with Gasteiger partial charge >= 0.3 is 0 Å². The van der Waals surface area contributed by atoms with Gasteiger partial charge in [-0.3, -0.25) is 0 Å². The maximum Gasteiger partial charge on any atom is 0.119 e. The van der Waals surface area contributed by atoms with E-state index >= 15 is 0 Å². The molecule has 1 aliphatic carbocycles. The van der Waals surface area contributed by atoms with Crippen LogP contribution in [0, 0.1) is 0 Å². The molecule has 3 aromatic rings. The third kappa shape index (κ3) is 2.33. The monoisotopic (exact) mass is 342 g/mol. The topological polar surface area (TPSA) is 38.1 Å². The number of rotatable bonds is 3. The van der Waals surface area contributed by atoms with Gasteiger partial charge < -0.3 is 9.67 Å². The minimum Gasteiger partial charge on any atom is -0.508 e. The number of halogens is 1. The van der Waals surface area contributed by atoms with Gasteiger partial charge in [-0.1, -0.05) is 34.1 Å². The Morgan fingerprint density at radius 3 is 2.76 bits per heavy atom. The number of imidazole rings is 1. The molecular weight excluding hydrogens is 328 g/mol. The number of hydrogen-bond acceptors (Lipinski definition) is 2. The highest BCUT2D eigenvalue weighted by atomic mass is 79.9. The summed E-state index contributed by atoms with van der Waals surface area (Å²) < 4.78 is 3.39. The van der Waals surface area contributed by atoms with Crippen LogP contribution in [0.2, 0.25) is 0 Å². The summed E-state index contributed by atoms with van der Waals surface area (Å²) >= 11 is 3.51. The van der Waals surface area contributed by atoms with Gasteiger partial charge in [-0.15, -0.1) is 0 Å². The van der Waals surface area contributed by atoms with E-state index in [1.165, 1.54) is 18.4 Å². The molecule has 3 nitrogen and oxygen atoms in total. The third-order valence-corrected chi connectivity index (χ3v) is 4.47. The van der Waals surface area contributed by atoms with Crippen molar-refractivity contribution in [3.8, 4) is 5.75 Å². The van der Waals surface area contributed by atoms with Gasteiger partial charge in [0.2, 0.25) is 0 Å². The Labute approximate surface area is 131 Å². The molecule has 1 aromatic heterocycles. The summed E-state index contributed by atoms with van der Waals surface area (Å²) in [5, 5.41) is 9.99. The van der Waals surface area contributed by atoms with Gasteiger partial charge in [0.25, 0.3) is 0 Å². The van der Waals surface area contributed by atoms with Crippen molar-refractivity contribution in [3.05, 3.63) is 58.3 Å². The maximum atomic E-state index is 9.99. The van der Waals surface area contributed by atoms with E-state index in [9.17, 15) is 5.11 Å². The quantitative estimate of drug-likeness (QED) is 0.764. The highest BCUT2D eigenvalue weighted by Gasteiger charge is 2.28. The lowest BCUT2D eigenvalue weighted by molar-refractivity contribution is 0.468. The van der Waals surface area contributed by atoms with Crippen LogP contribution in [-0.2, 0) is 6.42 Å². The molecule has 1 fully saturated rings. The van der Waals surface area contributed by atoms with E-state index in [0.717, 1.165) is 21.4 Å². The predicted octanol–water partition coefficient (Wildman–Crippen LogP) is 4.43. The van der Waals surface area contributed by atoms with E-state index < -0.39 is 0 Å². The molecule has 0 bridgehead atoms. The summed E-state index contributed by atoms with van der Waals surface area (Å²) in [6.45, 7) is 0. The van der Waals surface area contributed by atoms with Crippen LogP contribution in [0.4, 0.5) is 0 Å². The lowest BCUT2D eigenvalue weighted by atomic mass is 10.1. The number of aromatic nitrogens is 2. The molecule has 1 aliphatic rings. The fourth-order valence-corrected chi connectivity index (χ4v) is 3.17. The highest BCUT2D eigenvalue weighted by Crippen LogP contribution is 2.39. The van der Waals surface area contributed by atoms with Crippen LogP contribution in [0.15, 0.2) is 46.9 Å². The van der Waals surface area contributed by atoms with Crippen LogP contribution >= 0.6 is 15.9 Å². The highest BCUT2D eigenvalue weighted by molar-refractivity contribution is 9.10. The summed E-state index contributed by atoms with van der Waals surface area (Å²) in [6, 6.07) is 14.3. The van der Waals surface area contributed by atoms with E-state index in [4.69, 9.17) is 4.98 Å². The van der Waals surface area contributed by atoms with Crippen molar-refractivity contribution in [2.45, 2.75) is 25.3 Å². The normalized spacial score (nSPS) is 14.7. The first-order valence-electron chi connectivity index (χ1n) is 7.15. The predicted molar refractivity (Wildman–Crippen MR) is 86.6 cm³/mol. The van der Waals surface area contributed by atoms with Crippen LogP contribution in [-0.4, -0.2) is 14.7 Å². The first-order valence-corrected chi connectivity index (χ1v) is 7.95. The molecule has 1 N–H and O–H groups in total. The molecule has 106 valence electrons. The minimum atomic E-state index is 0.341. The molecule has 4 heteroatoms. The van der Waals surface area contributed by atoms with Gasteiger partial charge in [-0.25, -0.2) is 4.98 Å². The van der Waals surface area contributed by atoms with Crippen molar-refractivity contribution in [3.63, 3.8) is 0 Å². The summed E-state index contributed by atoms with van der Waals surface area (Å²) in [6.07, 6.45) is 3.10. The summed E-state index contributed by atoms with van der Waals surface area (Å²) in [4.78, 5) is 4.79. The average Bonchev–Trinajstić information content (AvgIpc) is 3.23. The van der Waals surface area contributed by atoms with Crippen molar-refractivity contribution >= 4 is 27.0 Å². The molecule has 0 saturated heterocycles. The molecule has 0 unspecified atom stereocenters. The van der Waals surface area contributed by atoms with Gasteiger partial charge in [0.1, 0.15) is 11.6 Å². The largest absolute Gasteiger partial charge is 0.508 e. The summed E-state index contributed by atoms with van der Waals surface area (Å²) in [5.41, 5.74) is 3.13. The second-order valence-corrected chi connectivity index (χ2v) is 6.48. The van der Waals surface area contributed by atoms with Gasteiger partial charge in [-0.05, 0) is 37.1 Å². The molecule has 2 aromatic carbocycles. The van der Waals surface area contributed by atoms with Crippen LogP contribution in [0.1, 0.15) is 30.3 Å². The summed E-state index contributed by atoms with van der Waals surface area (Å²) in [7, 11) is 0. The number of para-hydroxylation sites is 1. The summed E-state index contributed by atoms with van der Waals surface area (Å²) in [5.74, 6) is 1.38. The zero-order chi connectivity index (χ0) is 14.4. The van der Waals surface area contributed by atoms with Gasteiger partial charge in [0, 0.05) is 22.5 Å². The molecule has 0 radical (unpaired) electrons. The van der Waals surface area contributed by atoms with Crippen LogP contribution in [0.5, 0.6) is 5.75 Å². The Balaban J connectivity index is 1.84. The SMILES string of the molecule is Oc1ccccc1Cc1nc2cc(Br)ccc2n1C1CC1. The Morgan fingerprint density at radius 2 is 2.00 bits per heavy atom. The molecule has 0 spiro atoms. The molecule has 21 heavy (non-hydrogen) atoms. The second-order valence-electron chi connectivity index (χ2n) is 5.57. The fourth-order valence-electron chi connectivity index (χ4n) is 2.82. The molecule has 1 heterocycles. The number of benzene rings is 2. The molecule has 0 aliphatic heterocycles. The lowest BCUT2D eigenvalue weighted by Gasteiger charge is -2.08. The standard InChI is InChI=1S/C17H15BrN2O/c18-12-5-8-15-14(10-12)19-17(20(15)13-6-7-13)9-11-3-1-2-4-16(11)21/h1-5,8,10,13,21H,6-7,9H2. The Kier molecular flexibility index (Phi) is 3.00. The van der Waals surface area contributed by atoms with Crippen molar-refractivity contribution in [2.24, 2.45) is 0 Å². The number of phenols is 1. The number of fused-ring (bicyclic) bond motifs is 1. The zero-order valence-corrected chi connectivity index (χ0v) is 13.0. The van der Waals surface area contributed by atoms with E-state index in [-0.39, 0.29) is 0 Å². The second kappa shape index (κ2) is 4.88. The number of aromatic hydroxyl groups is 1. The van der Waals surface area contributed by atoms with E-state index in [0.29, 0.717) is 18.2 Å². The van der Waals surface area contributed by atoms with Crippen molar-refractivity contribution < 1.29 is 5.11 Å². The van der Waals surface area contributed by atoms with Crippen LogP contribution < -0.4 is 0 Å². The Morgan fingerprint density at radius 1 is 1.19 bits per heavy atom. The van der Waals surface area contributed by atoms with Crippen molar-refractivity contribution in [1.29, 1.82) is 0 Å². The maximum absolute atomic E-state index is 9.99. The zero-order valence-electron chi connectivity index (χ0n) is 11.5. The van der Waals surface area contributed by atoms with Crippen molar-refractivity contribution in [1.82, 2.24) is 9.55 Å². The number of hydrogen-bond donors (Lipinski definition) is 1. The lowest BCUT2D eigenvalue weighted by Crippen LogP contribution is -2.02. The first-order chi connectivity index (χ1) is 10.2. The third-order valence-electron chi connectivity index (χ3n) is 3.98. The average molecular weight is 343 g/mol. The first kappa shape index (κ1) is 12.9. The number of phenolic OH excluding ortho intramolecular Hbond substituents is 1. The van der Waals surface area contributed by atoms with Gasteiger partial charge in [0.05, 0.1) is 11.0 Å². The Bertz CT molecular complexity index is 821. The molecule has 1 saturated carbocycles. The van der Waals surface area contributed by atoms with E-state index in [1.54, 1.807) is 6.07 Å². The van der Waals surface area contributed by atoms with Crippen LogP contribution in [0.25, 0.3) is 11.0 Å². The molecular formula is C17H15BrN2O. The van der Waals surface area contributed by atoms with Crippen LogP contribution in [0.3, 0.4) is 0 Å². The van der Waals surface area contributed by atoms with Gasteiger partial charge in [0.15, 0.2) is 0 Å². The Hall–Kier alpha value is -1.81. The van der Waals surface area contributed by atoms with Crippen molar-refractivity contribution in [2.75, 3.05) is 0 Å². The van der Waals surface area contributed by atoms with E-state index in [2.05, 4.69) is 38.7 Å². The van der Waals surface area contributed by atoms with Gasteiger partial charge in [-0.2, -0.15) is 0 Å². The van der Waals surface area contributed by atoms with E-state index in [1.807, 2.05) is 18.2 Å². The molecule has 0 amide bonds. The smallest absolute Gasteiger partial charge is 0.119 e. The minimum absolute atomic E-state index is 0.341.